The lowest BCUT2D eigenvalue weighted by Gasteiger charge is -2.12. The number of aliphatic hydroxyl groups is 1. The highest BCUT2D eigenvalue weighted by Crippen LogP contribution is 2.27. The average molecular weight is 250 g/mol. The zero-order chi connectivity index (χ0) is 13.1. The Morgan fingerprint density at radius 1 is 1.50 bits per heavy atom. The molecule has 2 atom stereocenters. The highest BCUT2D eigenvalue weighted by Gasteiger charge is 2.29. The van der Waals surface area contributed by atoms with E-state index in [1.54, 1.807) is 6.07 Å². The molecule has 1 aliphatic heterocycles. The summed E-state index contributed by atoms with van der Waals surface area (Å²) in [6.07, 6.45) is -1.52. The number of carbonyl (C=O) groups is 2. The van der Waals surface area contributed by atoms with Crippen molar-refractivity contribution in [2.45, 2.75) is 18.6 Å². The van der Waals surface area contributed by atoms with E-state index in [1.807, 2.05) is 18.2 Å². The number of fused-ring (bicyclic) bond motifs is 1. The van der Waals surface area contributed by atoms with Gasteiger partial charge >= 0.3 is 0 Å². The van der Waals surface area contributed by atoms with Crippen LogP contribution in [-0.2, 0) is 16.0 Å². The Morgan fingerprint density at radius 2 is 2.22 bits per heavy atom. The van der Waals surface area contributed by atoms with Crippen molar-refractivity contribution in [1.82, 2.24) is 5.32 Å². The fraction of sp³-hybridized carbons (Fsp3) is 0.333. The van der Waals surface area contributed by atoms with Gasteiger partial charge in [-0.25, -0.2) is 0 Å². The van der Waals surface area contributed by atoms with Gasteiger partial charge in [0.2, 0.25) is 5.91 Å². The molecule has 2 rings (SSSR count). The number of amides is 2. The molecular weight excluding hydrogens is 236 g/mol. The lowest BCUT2D eigenvalue weighted by molar-refractivity contribution is -0.129. The molecule has 96 valence electrons. The van der Waals surface area contributed by atoms with Gasteiger partial charge < -0.3 is 20.9 Å². The predicted octanol–water partition coefficient (Wildman–Crippen LogP) is -1.05. The largest absolute Gasteiger partial charge is 0.480 e. The molecule has 0 spiro atoms. The van der Waals surface area contributed by atoms with E-state index in [2.05, 4.69) is 5.32 Å². The maximum Gasteiger partial charge on any atom is 0.261 e. The molecule has 2 amide bonds. The second kappa shape index (κ2) is 5.05. The summed E-state index contributed by atoms with van der Waals surface area (Å²) in [4.78, 5) is 22.3. The number of primary amides is 1. The van der Waals surface area contributed by atoms with E-state index in [0.29, 0.717) is 12.2 Å². The molecule has 0 radical (unpaired) electrons. The molecule has 1 aromatic rings. The van der Waals surface area contributed by atoms with Crippen molar-refractivity contribution in [1.29, 1.82) is 0 Å². The summed E-state index contributed by atoms with van der Waals surface area (Å²) in [5, 5.41) is 11.6. The molecule has 0 fully saturated rings. The normalized spacial score (nSPS) is 18.6. The van der Waals surface area contributed by atoms with Crippen molar-refractivity contribution in [3.63, 3.8) is 0 Å². The molecule has 0 aromatic heterocycles. The zero-order valence-corrected chi connectivity index (χ0v) is 9.63. The maximum absolute atomic E-state index is 11.7. The maximum atomic E-state index is 11.7. The molecule has 0 saturated carbocycles. The molecule has 6 nitrogen and oxygen atoms in total. The van der Waals surface area contributed by atoms with Crippen LogP contribution in [0, 0.1) is 0 Å². The van der Waals surface area contributed by atoms with Gasteiger partial charge in [0, 0.05) is 6.42 Å². The van der Waals surface area contributed by atoms with Gasteiger partial charge in [-0.1, -0.05) is 18.2 Å². The number of carbonyl (C=O) groups excluding carboxylic acids is 2. The number of para-hydroxylation sites is 1. The fourth-order valence-corrected chi connectivity index (χ4v) is 1.74. The Kier molecular flexibility index (Phi) is 3.47. The Balaban J connectivity index is 1.88. The minimum atomic E-state index is -1.38. The molecule has 0 saturated heterocycles. The van der Waals surface area contributed by atoms with Gasteiger partial charge in [-0.3, -0.25) is 9.59 Å². The van der Waals surface area contributed by atoms with Crippen LogP contribution in [0.1, 0.15) is 5.56 Å². The van der Waals surface area contributed by atoms with E-state index in [4.69, 9.17) is 15.6 Å². The van der Waals surface area contributed by atoms with Gasteiger partial charge in [0.15, 0.2) is 6.10 Å². The van der Waals surface area contributed by atoms with Crippen molar-refractivity contribution in [2.24, 2.45) is 5.73 Å². The van der Waals surface area contributed by atoms with Gasteiger partial charge in [0.05, 0.1) is 6.54 Å². The van der Waals surface area contributed by atoms with Crippen LogP contribution in [0.3, 0.4) is 0 Å². The van der Waals surface area contributed by atoms with Crippen molar-refractivity contribution in [3.8, 4) is 5.75 Å². The van der Waals surface area contributed by atoms with Crippen molar-refractivity contribution < 1.29 is 19.4 Å². The zero-order valence-electron chi connectivity index (χ0n) is 9.63. The van der Waals surface area contributed by atoms with Crippen LogP contribution >= 0.6 is 0 Å². The molecule has 1 aliphatic rings. The van der Waals surface area contributed by atoms with E-state index in [9.17, 15) is 9.59 Å². The minimum Gasteiger partial charge on any atom is -0.480 e. The highest BCUT2D eigenvalue weighted by molar-refractivity contribution is 5.84. The van der Waals surface area contributed by atoms with Gasteiger partial charge in [-0.2, -0.15) is 0 Å². The predicted molar refractivity (Wildman–Crippen MR) is 62.8 cm³/mol. The average Bonchev–Trinajstić information content (AvgIpc) is 2.79. The number of ether oxygens (including phenoxy) is 1. The third-order valence-electron chi connectivity index (χ3n) is 2.74. The van der Waals surface area contributed by atoms with Crippen LogP contribution in [0.4, 0.5) is 0 Å². The lowest BCUT2D eigenvalue weighted by Crippen LogP contribution is -2.44. The van der Waals surface area contributed by atoms with Crippen molar-refractivity contribution in [2.75, 3.05) is 6.54 Å². The molecule has 0 bridgehead atoms. The number of aliphatic hydroxyl groups excluding tert-OH is 1. The molecule has 18 heavy (non-hydrogen) atoms. The third kappa shape index (κ3) is 2.60. The molecule has 1 heterocycles. The van der Waals surface area contributed by atoms with E-state index < -0.39 is 18.1 Å². The summed E-state index contributed by atoms with van der Waals surface area (Å²) >= 11 is 0. The van der Waals surface area contributed by atoms with Gasteiger partial charge in [0.25, 0.3) is 5.91 Å². The van der Waals surface area contributed by atoms with Gasteiger partial charge in [0.1, 0.15) is 11.9 Å². The summed E-state index contributed by atoms with van der Waals surface area (Å²) in [5.41, 5.74) is 5.84. The smallest absolute Gasteiger partial charge is 0.261 e. The van der Waals surface area contributed by atoms with Crippen LogP contribution in [0.15, 0.2) is 24.3 Å². The van der Waals surface area contributed by atoms with Gasteiger partial charge in [-0.15, -0.1) is 0 Å². The Labute approximate surface area is 104 Å². The third-order valence-corrected chi connectivity index (χ3v) is 2.74. The Morgan fingerprint density at radius 3 is 2.89 bits per heavy atom. The second-order valence-electron chi connectivity index (χ2n) is 4.08. The first-order valence-corrected chi connectivity index (χ1v) is 5.57. The lowest BCUT2D eigenvalue weighted by atomic mass is 10.1. The van der Waals surface area contributed by atoms with Crippen LogP contribution in [-0.4, -0.2) is 35.7 Å². The topological polar surface area (TPSA) is 102 Å². The monoisotopic (exact) mass is 250 g/mol. The Hall–Kier alpha value is -2.08. The summed E-state index contributed by atoms with van der Waals surface area (Å²) in [6, 6.07) is 7.39. The molecule has 1 aromatic carbocycles. The standard InChI is InChI=1S/C12H14N2O4/c13-11(16)8(15)6-14-12(17)10-5-7-3-1-2-4-9(7)18-10/h1-4,8,10,15H,5-6H2,(H2,13,16)(H,14,17). The summed E-state index contributed by atoms with van der Waals surface area (Å²) in [6.45, 7) is -0.204. The number of nitrogens with one attached hydrogen (secondary N) is 1. The number of benzene rings is 1. The van der Waals surface area contributed by atoms with E-state index in [-0.39, 0.29) is 12.5 Å². The quantitative estimate of drug-likeness (QED) is 0.634. The molecular formula is C12H14N2O4. The number of rotatable bonds is 4. The SMILES string of the molecule is NC(=O)C(O)CNC(=O)C1Cc2ccccc2O1. The van der Waals surface area contributed by atoms with Crippen LogP contribution in [0.2, 0.25) is 0 Å². The number of hydrogen-bond donors (Lipinski definition) is 3. The minimum absolute atomic E-state index is 0.204. The first-order valence-electron chi connectivity index (χ1n) is 5.57. The molecule has 0 aliphatic carbocycles. The second-order valence-corrected chi connectivity index (χ2v) is 4.08. The van der Waals surface area contributed by atoms with Crippen LogP contribution in [0.25, 0.3) is 0 Å². The Bertz CT molecular complexity index is 450. The summed E-state index contributed by atoms with van der Waals surface area (Å²) in [7, 11) is 0. The van der Waals surface area contributed by atoms with Crippen molar-refractivity contribution in [3.05, 3.63) is 29.8 Å². The summed E-state index contributed by atoms with van der Waals surface area (Å²) in [5.74, 6) is -0.550. The van der Waals surface area contributed by atoms with E-state index >= 15 is 0 Å². The number of hydrogen-bond acceptors (Lipinski definition) is 4. The first-order chi connectivity index (χ1) is 8.58. The van der Waals surface area contributed by atoms with Crippen LogP contribution < -0.4 is 15.8 Å². The van der Waals surface area contributed by atoms with Crippen LogP contribution in [0.5, 0.6) is 5.75 Å². The first kappa shape index (κ1) is 12.4. The van der Waals surface area contributed by atoms with Crippen molar-refractivity contribution >= 4 is 11.8 Å². The summed E-state index contributed by atoms with van der Waals surface area (Å²) < 4.78 is 5.45. The van der Waals surface area contributed by atoms with E-state index in [0.717, 1.165) is 5.56 Å². The molecule has 4 N–H and O–H groups in total. The fourth-order valence-electron chi connectivity index (χ4n) is 1.74. The van der Waals surface area contributed by atoms with E-state index in [1.165, 1.54) is 0 Å². The molecule has 2 unspecified atom stereocenters. The molecule has 6 heteroatoms. The number of nitrogens with two attached hydrogens (primary N) is 1. The highest BCUT2D eigenvalue weighted by atomic mass is 16.5. The van der Waals surface area contributed by atoms with Gasteiger partial charge in [-0.05, 0) is 11.6 Å².